The first-order valence-corrected chi connectivity index (χ1v) is 23.2. The van der Waals surface area contributed by atoms with Gasteiger partial charge >= 0.3 is 0 Å². The first-order chi connectivity index (χ1) is 33.6. The van der Waals surface area contributed by atoms with E-state index in [0.717, 1.165) is 61.2 Å². The minimum atomic E-state index is -0.511. The summed E-state index contributed by atoms with van der Waals surface area (Å²) in [7, 11) is 0. The van der Waals surface area contributed by atoms with Gasteiger partial charge in [0.2, 0.25) is 0 Å². The van der Waals surface area contributed by atoms with Crippen molar-refractivity contribution in [1.82, 2.24) is 15.0 Å². The molecule has 3 heteroatoms. The summed E-state index contributed by atoms with van der Waals surface area (Å²) >= 11 is 0. The lowest BCUT2D eigenvalue weighted by Crippen LogP contribution is -2.25. The number of hydrogen-bond acceptors (Lipinski definition) is 3. The average molecular weight is 868 g/mol. The van der Waals surface area contributed by atoms with Gasteiger partial charge in [0.25, 0.3) is 0 Å². The Kier molecular flexibility index (Phi) is 10.1. The topological polar surface area (TPSA) is 38.7 Å². The van der Waals surface area contributed by atoms with Crippen LogP contribution in [0.15, 0.2) is 249 Å². The Morgan fingerprint density at radius 3 is 1.22 bits per heavy atom. The van der Waals surface area contributed by atoms with Gasteiger partial charge in [0, 0.05) is 16.7 Å². The predicted octanol–water partition coefficient (Wildman–Crippen LogP) is 16.4. The highest BCUT2D eigenvalue weighted by atomic mass is 15.0. The normalized spacial score (nSPS) is 13.0. The molecule has 0 N–H and O–H groups in total. The first-order valence-electron chi connectivity index (χ1n) is 23.2. The maximum absolute atomic E-state index is 5.49. The monoisotopic (exact) mass is 867 g/mol. The highest BCUT2D eigenvalue weighted by Gasteiger charge is 2.51. The van der Waals surface area contributed by atoms with Gasteiger partial charge < -0.3 is 0 Å². The second-order valence-corrected chi connectivity index (χ2v) is 17.5. The van der Waals surface area contributed by atoms with Crippen molar-refractivity contribution >= 4 is 5.57 Å². The van der Waals surface area contributed by atoms with E-state index in [1.165, 1.54) is 44.5 Å². The van der Waals surface area contributed by atoms with Crippen molar-refractivity contribution in [3.8, 4) is 89.8 Å². The summed E-state index contributed by atoms with van der Waals surface area (Å²) in [4.78, 5) is 16.4. The average Bonchev–Trinajstić information content (AvgIpc) is 3.88. The lowest BCUT2D eigenvalue weighted by Gasteiger charge is -2.30. The van der Waals surface area contributed by atoms with E-state index in [2.05, 4.69) is 244 Å². The molecule has 2 aliphatic rings. The van der Waals surface area contributed by atoms with E-state index in [4.69, 9.17) is 15.0 Å². The van der Waals surface area contributed by atoms with Crippen LogP contribution in [0.2, 0.25) is 0 Å². The summed E-state index contributed by atoms with van der Waals surface area (Å²) in [6, 6.07) is 78.6. The number of rotatable bonds is 9. The zero-order valence-corrected chi connectivity index (χ0v) is 37.6. The smallest absolute Gasteiger partial charge is 0.164 e. The van der Waals surface area contributed by atoms with Crippen LogP contribution in [0.3, 0.4) is 0 Å². The zero-order chi connectivity index (χ0) is 45.6. The molecule has 0 saturated carbocycles. The minimum absolute atomic E-state index is 0.511. The molecule has 0 fully saturated rings. The van der Waals surface area contributed by atoms with E-state index >= 15 is 0 Å². The Morgan fingerprint density at radius 2 is 0.750 bits per heavy atom. The van der Waals surface area contributed by atoms with Crippen LogP contribution >= 0.6 is 0 Å². The summed E-state index contributed by atoms with van der Waals surface area (Å²) < 4.78 is 0. The number of allylic oxidation sites excluding steroid dienone is 5. The van der Waals surface area contributed by atoms with Gasteiger partial charge in [-0.05, 0) is 138 Å². The third-order valence-electron chi connectivity index (χ3n) is 13.7. The highest BCUT2D eigenvalue weighted by Crippen LogP contribution is 2.63. The number of nitrogens with zero attached hydrogens (tertiary/aromatic N) is 3. The second kappa shape index (κ2) is 16.9. The molecule has 0 bridgehead atoms. The Bertz CT molecular complexity index is 3520. The van der Waals surface area contributed by atoms with Gasteiger partial charge in [-0.25, -0.2) is 15.0 Å². The molecule has 1 heterocycles. The van der Waals surface area contributed by atoms with E-state index in [1.54, 1.807) is 0 Å². The van der Waals surface area contributed by atoms with Crippen molar-refractivity contribution in [2.45, 2.75) is 12.3 Å². The Hall–Kier alpha value is -8.79. The number of benzene rings is 9. The van der Waals surface area contributed by atoms with Crippen LogP contribution in [-0.2, 0) is 5.41 Å². The molecule has 1 aromatic heterocycles. The molecule has 0 saturated heterocycles. The number of fused-ring (bicyclic) bond motifs is 10. The Labute approximate surface area is 397 Å². The van der Waals surface area contributed by atoms with Crippen LogP contribution in [0.25, 0.3) is 95.4 Å². The van der Waals surface area contributed by atoms with Crippen LogP contribution in [0.1, 0.15) is 34.7 Å². The molecule has 10 aromatic rings. The van der Waals surface area contributed by atoms with Crippen molar-refractivity contribution in [3.63, 3.8) is 0 Å². The molecule has 2 aliphatic carbocycles. The third-order valence-corrected chi connectivity index (χ3v) is 13.7. The molecule has 0 radical (unpaired) electrons. The van der Waals surface area contributed by atoms with Gasteiger partial charge in [-0.1, -0.05) is 207 Å². The minimum Gasteiger partial charge on any atom is -0.208 e. The van der Waals surface area contributed by atoms with Crippen LogP contribution in [-0.4, -0.2) is 15.0 Å². The second-order valence-electron chi connectivity index (χ2n) is 17.5. The lowest BCUT2D eigenvalue weighted by atomic mass is 9.70. The van der Waals surface area contributed by atoms with Gasteiger partial charge in [0.15, 0.2) is 17.5 Å². The van der Waals surface area contributed by atoms with Crippen LogP contribution in [0, 0.1) is 0 Å². The van der Waals surface area contributed by atoms with Gasteiger partial charge in [-0.3, -0.25) is 0 Å². The van der Waals surface area contributed by atoms with Gasteiger partial charge in [0.05, 0.1) is 5.41 Å². The summed E-state index contributed by atoms with van der Waals surface area (Å²) in [5.41, 5.74) is 21.0. The van der Waals surface area contributed by atoms with E-state index < -0.39 is 5.41 Å². The molecule has 0 unspecified atom stereocenters. The predicted molar refractivity (Wildman–Crippen MR) is 282 cm³/mol. The van der Waals surface area contributed by atoms with E-state index in [-0.39, 0.29) is 0 Å². The summed E-state index contributed by atoms with van der Waals surface area (Å²) in [5, 5.41) is 0. The fraction of sp³-hybridized carbons (Fsp3) is 0.0308. The fourth-order valence-electron chi connectivity index (χ4n) is 10.6. The largest absolute Gasteiger partial charge is 0.208 e. The van der Waals surface area contributed by atoms with Gasteiger partial charge in [-0.15, -0.1) is 0 Å². The standard InChI is InChI=1S/C65H45N3/c1-3-5-21-43(4-2)48-36-49(44-22-9-6-10-23-44)39-52(38-48)63-66-62(67-64(68-63)53-40-50(45-24-11-7-12-25-45)37-51(41-53)46-26-13-8-14-27-46)47-34-35-57-56-30-17-20-33-60(56)65(61(57)42-47)58-31-18-15-28-54(58)55-29-16-19-32-59(55)65/h3-42H,1H2,2H3/b21-5-,43-4+. The molecule has 12 rings (SSSR count). The van der Waals surface area contributed by atoms with E-state index in [1.807, 2.05) is 12.2 Å². The molecular weight excluding hydrogens is 823 g/mol. The molecule has 0 atom stereocenters. The quantitative estimate of drug-likeness (QED) is 0.136. The number of hydrogen-bond donors (Lipinski definition) is 0. The van der Waals surface area contributed by atoms with Crippen LogP contribution < -0.4 is 0 Å². The molecule has 320 valence electrons. The van der Waals surface area contributed by atoms with Crippen molar-refractivity contribution in [2.75, 3.05) is 0 Å². The van der Waals surface area contributed by atoms with Crippen molar-refractivity contribution in [2.24, 2.45) is 0 Å². The summed E-state index contributed by atoms with van der Waals surface area (Å²) in [6.07, 6.45) is 8.03. The maximum atomic E-state index is 5.49. The molecule has 0 aliphatic heterocycles. The maximum Gasteiger partial charge on any atom is 0.164 e. The highest BCUT2D eigenvalue weighted by molar-refractivity contribution is 5.96. The lowest BCUT2D eigenvalue weighted by molar-refractivity contribution is 0.794. The first kappa shape index (κ1) is 40.7. The Morgan fingerprint density at radius 1 is 0.368 bits per heavy atom. The molecular formula is C65H45N3. The van der Waals surface area contributed by atoms with Crippen molar-refractivity contribution in [1.29, 1.82) is 0 Å². The van der Waals surface area contributed by atoms with E-state index in [9.17, 15) is 0 Å². The fourth-order valence-corrected chi connectivity index (χ4v) is 10.6. The van der Waals surface area contributed by atoms with Gasteiger partial charge in [-0.2, -0.15) is 0 Å². The van der Waals surface area contributed by atoms with Gasteiger partial charge in [0.1, 0.15) is 0 Å². The molecule has 3 nitrogen and oxygen atoms in total. The van der Waals surface area contributed by atoms with Crippen molar-refractivity contribution in [3.05, 3.63) is 277 Å². The summed E-state index contributed by atoms with van der Waals surface area (Å²) in [6.45, 7) is 6.03. The summed E-state index contributed by atoms with van der Waals surface area (Å²) in [5.74, 6) is 1.79. The van der Waals surface area contributed by atoms with Crippen LogP contribution in [0.4, 0.5) is 0 Å². The van der Waals surface area contributed by atoms with Crippen molar-refractivity contribution < 1.29 is 0 Å². The Balaban J connectivity index is 1.13. The zero-order valence-electron chi connectivity index (χ0n) is 37.6. The molecule has 1 spiro atoms. The van der Waals surface area contributed by atoms with Crippen LogP contribution in [0.5, 0.6) is 0 Å². The molecule has 68 heavy (non-hydrogen) atoms. The molecule has 0 amide bonds. The third kappa shape index (κ3) is 6.79. The number of aromatic nitrogens is 3. The van der Waals surface area contributed by atoms with E-state index in [0.29, 0.717) is 17.5 Å². The SMILES string of the molecule is C=C/C=C\C(=C/C)c1cc(-c2ccccc2)cc(-c2nc(-c3cc(-c4ccccc4)cc(-c4ccccc4)c3)nc(-c3ccc4c(c3)C3(c5ccccc5-c5ccccc53)c3ccccc3-4)n2)c1. The molecule has 9 aromatic carbocycles.